The maximum absolute atomic E-state index is 13.0. The molecule has 1 heterocycles. The molecule has 2 aromatic carbocycles. The molecule has 0 bridgehead atoms. The van der Waals surface area contributed by atoms with Crippen molar-refractivity contribution in [2.24, 2.45) is 0 Å². The van der Waals surface area contributed by atoms with Crippen molar-refractivity contribution in [1.82, 2.24) is 9.78 Å². The highest BCUT2D eigenvalue weighted by Gasteiger charge is 2.33. The molecule has 8 heteroatoms. The summed E-state index contributed by atoms with van der Waals surface area (Å²) >= 11 is 12.4. The number of nitrogens with one attached hydrogen (secondary N) is 1. The number of rotatable bonds is 8. The number of anilines is 1. The van der Waals surface area contributed by atoms with E-state index in [9.17, 15) is 4.79 Å². The fourth-order valence-electron chi connectivity index (χ4n) is 3.23. The first-order valence-electron chi connectivity index (χ1n) is 9.63. The molecule has 0 saturated heterocycles. The highest BCUT2D eigenvalue weighted by atomic mass is 35.5. The molecule has 0 atom stereocenters. The van der Waals surface area contributed by atoms with Gasteiger partial charge in [-0.15, -0.1) is 0 Å². The molecule has 1 N–H and O–H groups in total. The van der Waals surface area contributed by atoms with Gasteiger partial charge in [0, 0.05) is 29.8 Å². The molecule has 1 amide bonds. The van der Waals surface area contributed by atoms with Crippen LogP contribution in [0.25, 0.3) is 5.69 Å². The third-order valence-corrected chi connectivity index (χ3v) is 5.34. The van der Waals surface area contributed by atoms with Crippen LogP contribution in [-0.4, -0.2) is 36.0 Å². The van der Waals surface area contributed by atoms with Crippen LogP contribution in [0.3, 0.4) is 0 Å². The molecular weight excluding hydrogens is 425 g/mol. The van der Waals surface area contributed by atoms with E-state index in [1.807, 2.05) is 24.3 Å². The van der Waals surface area contributed by atoms with E-state index in [0.717, 1.165) is 18.5 Å². The first kappa shape index (κ1) is 20.7. The van der Waals surface area contributed by atoms with Gasteiger partial charge in [0.1, 0.15) is 12.4 Å². The topological polar surface area (TPSA) is 65.4 Å². The molecule has 30 heavy (non-hydrogen) atoms. The summed E-state index contributed by atoms with van der Waals surface area (Å²) in [7, 11) is 1.62. The van der Waals surface area contributed by atoms with E-state index in [0.29, 0.717) is 45.9 Å². The summed E-state index contributed by atoms with van der Waals surface area (Å²) in [5, 5.41) is 8.44. The average molecular weight is 446 g/mol. The van der Waals surface area contributed by atoms with E-state index in [1.165, 1.54) is 0 Å². The monoisotopic (exact) mass is 445 g/mol. The zero-order chi connectivity index (χ0) is 21.1. The number of aromatic nitrogens is 2. The van der Waals surface area contributed by atoms with Gasteiger partial charge in [-0.05, 0) is 43.2 Å². The maximum atomic E-state index is 13.0. The van der Waals surface area contributed by atoms with Crippen LogP contribution in [0.5, 0.6) is 5.75 Å². The first-order chi connectivity index (χ1) is 14.6. The van der Waals surface area contributed by atoms with Gasteiger partial charge in [-0.1, -0.05) is 29.3 Å². The van der Waals surface area contributed by atoms with E-state index >= 15 is 0 Å². The Morgan fingerprint density at radius 3 is 2.77 bits per heavy atom. The Hall–Kier alpha value is -2.54. The molecule has 1 fully saturated rings. The second-order valence-electron chi connectivity index (χ2n) is 7.05. The largest absolute Gasteiger partial charge is 0.491 e. The van der Waals surface area contributed by atoms with Crippen LogP contribution >= 0.6 is 23.2 Å². The summed E-state index contributed by atoms with van der Waals surface area (Å²) in [5.41, 5.74) is 2.75. The van der Waals surface area contributed by atoms with Crippen molar-refractivity contribution in [2.45, 2.75) is 18.8 Å². The van der Waals surface area contributed by atoms with Gasteiger partial charge in [0.2, 0.25) is 0 Å². The number of nitrogens with zero attached hydrogens (tertiary/aromatic N) is 2. The number of amides is 1. The normalized spacial score (nSPS) is 13.3. The lowest BCUT2D eigenvalue weighted by Crippen LogP contribution is -2.14. The quantitative estimate of drug-likeness (QED) is 0.475. The number of benzene rings is 2. The van der Waals surface area contributed by atoms with E-state index in [4.69, 9.17) is 32.7 Å². The lowest BCUT2D eigenvalue weighted by molar-refractivity contribution is 0.102. The molecule has 6 nitrogen and oxygen atoms in total. The molecule has 0 aliphatic heterocycles. The summed E-state index contributed by atoms with van der Waals surface area (Å²) in [5.74, 6) is 0.724. The van der Waals surface area contributed by atoms with Gasteiger partial charge < -0.3 is 14.8 Å². The molecule has 1 saturated carbocycles. The van der Waals surface area contributed by atoms with Crippen LogP contribution in [0.15, 0.2) is 48.7 Å². The first-order valence-corrected chi connectivity index (χ1v) is 10.4. The van der Waals surface area contributed by atoms with Crippen molar-refractivity contribution >= 4 is 34.8 Å². The second-order valence-corrected chi connectivity index (χ2v) is 7.89. The highest BCUT2D eigenvalue weighted by Crippen LogP contribution is 2.43. The second kappa shape index (κ2) is 9.08. The van der Waals surface area contributed by atoms with Crippen molar-refractivity contribution in [3.8, 4) is 11.4 Å². The number of carbonyl (C=O) groups is 1. The van der Waals surface area contributed by atoms with Gasteiger partial charge in [-0.3, -0.25) is 4.79 Å². The average Bonchev–Trinajstić information content (AvgIpc) is 3.47. The molecule has 0 spiro atoms. The summed E-state index contributed by atoms with van der Waals surface area (Å²) in [6.45, 7) is 0.933. The molecular formula is C22H21Cl2N3O3. The van der Waals surface area contributed by atoms with Crippen LogP contribution < -0.4 is 10.1 Å². The predicted molar refractivity (Wildman–Crippen MR) is 117 cm³/mol. The summed E-state index contributed by atoms with van der Waals surface area (Å²) < 4.78 is 12.3. The number of methoxy groups -OCH3 is 1. The third-order valence-electron chi connectivity index (χ3n) is 4.80. The molecule has 0 radical (unpaired) electrons. The highest BCUT2D eigenvalue weighted by molar-refractivity contribution is 6.35. The predicted octanol–water partition coefficient (Wildman–Crippen LogP) is 5.33. The van der Waals surface area contributed by atoms with Gasteiger partial charge in [0.25, 0.3) is 5.91 Å². The fraction of sp³-hybridized carbons (Fsp3) is 0.273. The van der Waals surface area contributed by atoms with E-state index in [2.05, 4.69) is 10.4 Å². The number of halogens is 2. The number of hydrogen-bond donors (Lipinski definition) is 1. The van der Waals surface area contributed by atoms with Crippen molar-refractivity contribution in [2.75, 3.05) is 25.6 Å². The van der Waals surface area contributed by atoms with Gasteiger partial charge in [-0.2, -0.15) is 5.10 Å². The van der Waals surface area contributed by atoms with E-state index in [1.54, 1.807) is 36.2 Å². The Morgan fingerprint density at radius 2 is 2.03 bits per heavy atom. The van der Waals surface area contributed by atoms with Gasteiger partial charge in [0.05, 0.1) is 34.8 Å². The zero-order valence-corrected chi connectivity index (χ0v) is 17.9. The molecule has 3 aromatic rings. The minimum Gasteiger partial charge on any atom is -0.491 e. The van der Waals surface area contributed by atoms with Crippen molar-refractivity contribution in [3.05, 3.63) is 70.0 Å². The Kier molecular flexibility index (Phi) is 6.27. The molecule has 1 aromatic heterocycles. The van der Waals surface area contributed by atoms with Crippen molar-refractivity contribution < 1.29 is 14.3 Å². The van der Waals surface area contributed by atoms with E-state index in [-0.39, 0.29) is 11.8 Å². The Morgan fingerprint density at radius 1 is 1.20 bits per heavy atom. The molecule has 4 rings (SSSR count). The van der Waals surface area contributed by atoms with Crippen LogP contribution in [0, 0.1) is 0 Å². The smallest absolute Gasteiger partial charge is 0.259 e. The maximum Gasteiger partial charge on any atom is 0.259 e. The minimum absolute atomic E-state index is 0.220. The fourth-order valence-corrected chi connectivity index (χ4v) is 3.72. The van der Waals surface area contributed by atoms with E-state index < -0.39 is 0 Å². The van der Waals surface area contributed by atoms with Crippen LogP contribution in [-0.2, 0) is 4.74 Å². The summed E-state index contributed by atoms with van der Waals surface area (Å²) in [6, 6.07) is 12.5. The standard InChI is InChI=1S/C22H21Cl2N3O3/c1-29-9-10-30-17-4-2-3-16(12-17)26-22(28)18-13-25-27(21(18)14-5-6-14)20-8-7-15(23)11-19(20)24/h2-4,7-8,11-14H,5-6,9-10H2,1H3,(H,26,28). The van der Waals surface area contributed by atoms with Crippen LogP contribution in [0.4, 0.5) is 5.69 Å². The summed E-state index contributed by atoms with van der Waals surface area (Å²) in [6.07, 6.45) is 3.62. The molecule has 1 aliphatic rings. The van der Waals surface area contributed by atoms with Gasteiger partial charge >= 0.3 is 0 Å². The van der Waals surface area contributed by atoms with Crippen LogP contribution in [0.2, 0.25) is 10.0 Å². The molecule has 1 aliphatic carbocycles. The van der Waals surface area contributed by atoms with Crippen molar-refractivity contribution in [1.29, 1.82) is 0 Å². The lowest BCUT2D eigenvalue weighted by Gasteiger charge is -2.12. The SMILES string of the molecule is COCCOc1cccc(NC(=O)c2cnn(-c3ccc(Cl)cc3Cl)c2C2CC2)c1. The molecule has 0 unspecified atom stereocenters. The van der Waals surface area contributed by atoms with Gasteiger partial charge in [-0.25, -0.2) is 4.68 Å². The van der Waals surface area contributed by atoms with Gasteiger partial charge in [0.15, 0.2) is 0 Å². The molecule has 156 valence electrons. The van der Waals surface area contributed by atoms with Crippen molar-refractivity contribution in [3.63, 3.8) is 0 Å². The Labute approximate surface area is 184 Å². The zero-order valence-electron chi connectivity index (χ0n) is 16.4. The Balaban J connectivity index is 1.58. The summed E-state index contributed by atoms with van der Waals surface area (Å²) in [4.78, 5) is 13.0. The minimum atomic E-state index is -0.220. The lowest BCUT2D eigenvalue weighted by atomic mass is 10.1. The number of hydrogen-bond acceptors (Lipinski definition) is 4. The Bertz CT molecular complexity index is 1060. The van der Waals surface area contributed by atoms with Crippen LogP contribution in [0.1, 0.15) is 34.8 Å². The number of carbonyl (C=O) groups excluding carboxylic acids is 1. The number of ether oxygens (including phenoxy) is 2. The third kappa shape index (κ3) is 4.61.